The van der Waals surface area contributed by atoms with Crippen LogP contribution in [-0.4, -0.2) is 26.7 Å². The van der Waals surface area contributed by atoms with Crippen LogP contribution in [0, 0.1) is 0 Å². The van der Waals surface area contributed by atoms with Crippen LogP contribution in [0.5, 0.6) is 0 Å². The number of aliphatic hydroxyl groups excluding tert-OH is 1. The lowest BCUT2D eigenvalue weighted by molar-refractivity contribution is 0.288. The van der Waals surface area contributed by atoms with Gasteiger partial charge >= 0.3 is 0 Å². The van der Waals surface area contributed by atoms with Gasteiger partial charge in [0.2, 0.25) is 0 Å². The summed E-state index contributed by atoms with van der Waals surface area (Å²) in [5.74, 6) is 0. The molecule has 1 N–H and O–H groups in total. The average Bonchev–Trinajstić information content (AvgIpc) is 2.75. The molecule has 84 valence electrons. The monoisotopic (exact) mass is 281 g/mol. The number of nitrogens with zero attached hydrogens (tertiary/aromatic N) is 3. The molecule has 1 heterocycles. The Morgan fingerprint density at radius 3 is 3.00 bits per heavy atom. The smallest absolute Gasteiger partial charge is 0.0832 e. The molecule has 2 aromatic rings. The van der Waals surface area contributed by atoms with Gasteiger partial charge in [0.1, 0.15) is 0 Å². The van der Waals surface area contributed by atoms with E-state index >= 15 is 0 Å². The minimum absolute atomic E-state index is 0.184. The van der Waals surface area contributed by atoms with Crippen molar-refractivity contribution >= 4 is 15.9 Å². The highest BCUT2D eigenvalue weighted by Crippen LogP contribution is 2.14. The first kappa shape index (κ1) is 11.3. The van der Waals surface area contributed by atoms with Crippen LogP contribution >= 0.6 is 15.9 Å². The zero-order valence-corrected chi connectivity index (χ0v) is 10.3. The van der Waals surface area contributed by atoms with E-state index in [9.17, 15) is 0 Å². The summed E-state index contributed by atoms with van der Waals surface area (Å²) in [5.41, 5.74) is 1.87. The van der Waals surface area contributed by atoms with E-state index in [1.165, 1.54) is 0 Å². The molecule has 0 atom stereocenters. The summed E-state index contributed by atoms with van der Waals surface area (Å²) in [7, 11) is 0. The maximum atomic E-state index is 8.73. The van der Waals surface area contributed by atoms with Gasteiger partial charge in [0.15, 0.2) is 0 Å². The molecule has 1 aromatic carbocycles. The SMILES string of the molecule is OCCCc1cn(-c2cccc(Br)c2)nn1. The first-order valence-electron chi connectivity index (χ1n) is 5.07. The van der Waals surface area contributed by atoms with Crippen LogP contribution in [0.15, 0.2) is 34.9 Å². The number of hydrogen-bond donors (Lipinski definition) is 1. The second kappa shape index (κ2) is 5.23. The topological polar surface area (TPSA) is 50.9 Å². The minimum Gasteiger partial charge on any atom is -0.396 e. The van der Waals surface area contributed by atoms with Crippen molar-refractivity contribution in [2.24, 2.45) is 0 Å². The molecule has 0 bridgehead atoms. The molecular weight excluding hydrogens is 270 g/mol. The second-order valence-electron chi connectivity index (χ2n) is 3.46. The lowest BCUT2D eigenvalue weighted by atomic mass is 10.2. The molecule has 1 aromatic heterocycles. The molecular formula is C11H12BrN3O. The Morgan fingerprint density at radius 1 is 1.38 bits per heavy atom. The Morgan fingerprint density at radius 2 is 2.25 bits per heavy atom. The van der Waals surface area contributed by atoms with E-state index < -0.39 is 0 Å². The van der Waals surface area contributed by atoms with Crippen molar-refractivity contribution in [1.82, 2.24) is 15.0 Å². The molecule has 0 aliphatic carbocycles. The third-order valence-electron chi connectivity index (χ3n) is 2.20. The summed E-state index contributed by atoms with van der Waals surface area (Å²) in [6.07, 6.45) is 3.36. The van der Waals surface area contributed by atoms with Crippen molar-refractivity contribution in [1.29, 1.82) is 0 Å². The highest BCUT2D eigenvalue weighted by Gasteiger charge is 2.02. The van der Waals surface area contributed by atoms with Gasteiger partial charge in [0.25, 0.3) is 0 Å². The molecule has 0 fully saturated rings. The fourth-order valence-corrected chi connectivity index (χ4v) is 1.81. The number of rotatable bonds is 4. The van der Waals surface area contributed by atoms with Crippen LogP contribution in [0.25, 0.3) is 5.69 Å². The van der Waals surface area contributed by atoms with E-state index in [-0.39, 0.29) is 6.61 Å². The molecule has 0 saturated carbocycles. The summed E-state index contributed by atoms with van der Waals surface area (Å²) < 4.78 is 2.75. The molecule has 0 unspecified atom stereocenters. The van der Waals surface area contributed by atoms with Gasteiger partial charge in [-0.25, -0.2) is 4.68 Å². The predicted molar refractivity (Wildman–Crippen MR) is 64.5 cm³/mol. The van der Waals surface area contributed by atoms with Crippen molar-refractivity contribution in [2.45, 2.75) is 12.8 Å². The van der Waals surface area contributed by atoms with E-state index in [0.717, 1.165) is 28.7 Å². The van der Waals surface area contributed by atoms with Crippen molar-refractivity contribution < 1.29 is 5.11 Å². The second-order valence-corrected chi connectivity index (χ2v) is 4.38. The normalized spacial score (nSPS) is 10.6. The summed E-state index contributed by atoms with van der Waals surface area (Å²) in [6.45, 7) is 0.184. The van der Waals surface area contributed by atoms with Gasteiger partial charge in [-0.05, 0) is 31.0 Å². The average molecular weight is 282 g/mol. The highest BCUT2D eigenvalue weighted by atomic mass is 79.9. The summed E-state index contributed by atoms with van der Waals surface area (Å²) >= 11 is 3.41. The molecule has 0 saturated heterocycles. The van der Waals surface area contributed by atoms with Gasteiger partial charge in [0.05, 0.1) is 17.6 Å². The van der Waals surface area contributed by atoms with Crippen LogP contribution in [0.2, 0.25) is 0 Å². The number of hydrogen-bond acceptors (Lipinski definition) is 3. The molecule has 5 heteroatoms. The van der Waals surface area contributed by atoms with Gasteiger partial charge in [0, 0.05) is 11.1 Å². The van der Waals surface area contributed by atoms with Crippen molar-refractivity contribution in [3.63, 3.8) is 0 Å². The first-order valence-corrected chi connectivity index (χ1v) is 5.87. The summed E-state index contributed by atoms with van der Waals surface area (Å²) in [6, 6.07) is 7.86. The first-order chi connectivity index (χ1) is 7.79. The van der Waals surface area contributed by atoms with E-state index in [0.29, 0.717) is 0 Å². The maximum Gasteiger partial charge on any atom is 0.0832 e. The predicted octanol–water partition coefficient (Wildman–Crippen LogP) is 1.95. The van der Waals surface area contributed by atoms with Crippen molar-refractivity contribution in [2.75, 3.05) is 6.61 Å². The fourth-order valence-electron chi connectivity index (χ4n) is 1.42. The molecule has 0 aliphatic rings. The Balaban J connectivity index is 2.18. The quantitative estimate of drug-likeness (QED) is 0.932. The molecule has 4 nitrogen and oxygen atoms in total. The van der Waals surface area contributed by atoms with Crippen LogP contribution in [-0.2, 0) is 6.42 Å². The lowest BCUT2D eigenvalue weighted by Gasteiger charge is -1.99. The summed E-state index contributed by atoms with van der Waals surface area (Å²) in [4.78, 5) is 0. The third-order valence-corrected chi connectivity index (χ3v) is 2.70. The van der Waals surface area contributed by atoms with E-state index in [1.807, 2.05) is 30.5 Å². The molecule has 2 rings (SSSR count). The minimum atomic E-state index is 0.184. The number of benzene rings is 1. The van der Waals surface area contributed by atoms with E-state index in [1.54, 1.807) is 4.68 Å². The van der Waals surface area contributed by atoms with Gasteiger partial charge in [-0.2, -0.15) is 0 Å². The third kappa shape index (κ3) is 2.68. The van der Waals surface area contributed by atoms with Gasteiger partial charge in [-0.3, -0.25) is 0 Å². The Labute approximate surface area is 102 Å². The van der Waals surface area contributed by atoms with Crippen molar-refractivity contribution in [3.05, 3.63) is 40.6 Å². The van der Waals surface area contributed by atoms with Gasteiger partial charge in [-0.15, -0.1) is 5.10 Å². The number of aryl methyl sites for hydroxylation is 1. The van der Waals surface area contributed by atoms with E-state index in [2.05, 4.69) is 26.2 Å². The van der Waals surface area contributed by atoms with Crippen LogP contribution in [0.1, 0.15) is 12.1 Å². The molecule has 0 spiro atoms. The van der Waals surface area contributed by atoms with Crippen LogP contribution < -0.4 is 0 Å². The molecule has 0 radical (unpaired) electrons. The fraction of sp³-hybridized carbons (Fsp3) is 0.273. The van der Waals surface area contributed by atoms with Crippen LogP contribution in [0.4, 0.5) is 0 Å². The zero-order valence-electron chi connectivity index (χ0n) is 8.67. The molecule has 0 aliphatic heterocycles. The summed E-state index contributed by atoms with van der Waals surface area (Å²) in [5, 5.41) is 16.8. The maximum absolute atomic E-state index is 8.73. The number of aromatic nitrogens is 3. The number of halogens is 1. The Bertz CT molecular complexity index is 470. The molecule has 16 heavy (non-hydrogen) atoms. The van der Waals surface area contributed by atoms with Gasteiger partial charge < -0.3 is 5.11 Å². The Kier molecular flexibility index (Phi) is 3.69. The Hall–Kier alpha value is -1.20. The largest absolute Gasteiger partial charge is 0.396 e. The van der Waals surface area contributed by atoms with Crippen LogP contribution in [0.3, 0.4) is 0 Å². The van der Waals surface area contributed by atoms with Crippen molar-refractivity contribution in [3.8, 4) is 5.69 Å². The van der Waals surface area contributed by atoms with E-state index in [4.69, 9.17) is 5.11 Å². The standard InChI is InChI=1S/C11H12BrN3O/c12-9-3-1-5-11(7-9)15-8-10(13-14-15)4-2-6-16/h1,3,5,7-8,16H,2,4,6H2. The number of aliphatic hydroxyl groups is 1. The lowest BCUT2D eigenvalue weighted by Crippen LogP contribution is -1.94. The van der Waals surface area contributed by atoms with Gasteiger partial charge in [-0.1, -0.05) is 27.2 Å². The zero-order chi connectivity index (χ0) is 11.4. The molecule has 0 amide bonds. The highest BCUT2D eigenvalue weighted by molar-refractivity contribution is 9.10.